The average Bonchev–Trinajstić information content (AvgIpc) is 2.53. The van der Waals surface area contributed by atoms with E-state index < -0.39 is 0 Å². The molecule has 1 fully saturated rings. The maximum atomic E-state index is 11.2. The van der Waals surface area contributed by atoms with Crippen molar-refractivity contribution in [2.45, 2.75) is 79.3 Å². The third-order valence-corrected chi connectivity index (χ3v) is 3.14. The second-order valence-corrected chi connectivity index (χ2v) is 4.20. The van der Waals surface area contributed by atoms with Crippen molar-refractivity contribution in [1.82, 2.24) is 10.2 Å². The van der Waals surface area contributed by atoms with E-state index in [1.165, 1.54) is 12.8 Å². The van der Waals surface area contributed by atoms with Crippen molar-refractivity contribution in [3.8, 4) is 0 Å². The highest BCUT2D eigenvalue weighted by molar-refractivity contribution is 7.79. The molecule has 3 nitrogen and oxygen atoms in total. The van der Waals surface area contributed by atoms with Gasteiger partial charge in [0.15, 0.2) is 0 Å². The van der Waals surface area contributed by atoms with E-state index in [0.29, 0.717) is 18.5 Å². The second-order valence-electron chi connectivity index (χ2n) is 4.20. The van der Waals surface area contributed by atoms with Crippen LogP contribution in [0, 0.1) is 0 Å². The number of amides is 1. The third kappa shape index (κ3) is 11.6. The lowest BCUT2D eigenvalue weighted by atomic mass is 9.97. The van der Waals surface area contributed by atoms with Gasteiger partial charge in [-0.15, -0.1) is 0 Å². The number of hydrogen-bond acceptors (Lipinski definition) is 3. The van der Waals surface area contributed by atoms with Crippen molar-refractivity contribution >= 4 is 18.5 Å². The van der Waals surface area contributed by atoms with Crippen LogP contribution in [0.15, 0.2) is 0 Å². The monoisotopic (exact) mass is 306 g/mol. The van der Waals surface area contributed by atoms with E-state index in [2.05, 4.69) is 36.8 Å². The zero-order valence-electron chi connectivity index (χ0n) is 15.0. The van der Waals surface area contributed by atoms with Crippen LogP contribution in [0.25, 0.3) is 0 Å². The molecule has 0 bridgehead atoms. The number of nitrogens with one attached hydrogen (secondary N) is 1. The first kappa shape index (κ1) is 24.8. The number of nitrogens with zero attached hydrogens (tertiary/aromatic N) is 1. The summed E-state index contributed by atoms with van der Waals surface area (Å²) < 4.78 is 0. The van der Waals surface area contributed by atoms with E-state index in [0.717, 1.165) is 13.0 Å². The van der Waals surface area contributed by atoms with Gasteiger partial charge in [0.25, 0.3) is 0 Å². The van der Waals surface area contributed by atoms with Gasteiger partial charge in [-0.25, -0.2) is 0 Å². The van der Waals surface area contributed by atoms with Crippen LogP contribution in [-0.4, -0.2) is 42.7 Å². The molecule has 1 amide bonds. The lowest BCUT2D eigenvalue weighted by Crippen LogP contribution is -2.49. The summed E-state index contributed by atoms with van der Waals surface area (Å²) in [5.41, 5.74) is 0. The van der Waals surface area contributed by atoms with Gasteiger partial charge in [0.1, 0.15) is 0 Å². The topological polar surface area (TPSA) is 32.3 Å². The fourth-order valence-electron chi connectivity index (χ4n) is 2.17. The number of piperidine rings is 1. The molecule has 0 aromatic heterocycles. The van der Waals surface area contributed by atoms with Crippen LogP contribution >= 0.6 is 12.6 Å². The predicted octanol–water partition coefficient (Wildman–Crippen LogP) is 3.98. The van der Waals surface area contributed by atoms with Crippen LogP contribution in [0.4, 0.5) is 0 Å². The van der Waals surface area contributed by atoms with E-state index in [1.807, 2.05) is 34.6 Å². The molecule has 1 N–H and O–H groups in total. The molecule has 0 spiro atoms. The SMILES string of the molecule is CC.CC.CCC(=O)NC1CCC(CC)N(C)C1.CS. The van der Waals surface area contributed by atoms with Crippen LogP contribution < -0.4 is 5.32 Å². The number of rotatable bonds is 3. The molecular formula is C16H38N2OS. The van der Waals surface area contributed by atoms with Crippen molar-refractivity contribution in [3.63, 3.8) is 0 Å². The summed E-state index contributed by atoms with van der Waals surface area (Å²) in [7, 11) is 2.15. The summed E-state index contributed by atoms with van der Waals surface area (Å²) in [6.07, 6.45) is 5.85. The summed E-state index contributed by atoms with van der Waals surface area (Å²) in [6.45, 7) is 13.1. The summed E-state index contributed by atoms with van der Waals surface area (Å²) in [5.74, 6) is 0.179. The Morgan fingerprint density at radius 1 is 1.15 bits per heavy atom. The molecule has 1 rings (SSSR count). The van der Waals surface area contributed by atoms with Crippen molar-refractivity contribution in [2.75, 3.05) is 19.8 Å². The zero-order chi connectivity index (χ0) is 16.6. The van der Waals surface area contributed by atoms with Gasteiger partial charge >= 0.3 is 0 Å². The first-order valence-corrected chi connectivity index (χ1v) is 9.01. The molecular weight excluding hydrogens is 268 g/mol. The summed E-state index contributed by atoms with van der Waals surface area (Å²) in [4.78, 5) is 13.6. The molecule has 1 aliphatic rings. The van der Waals surface area contributed by atoms with Crippen LogP contribution in [0.2, 0.25) is 0 Å². The Kier molecular flexibility index (Phi) is 23.3. The van der Waals surface area contributed by atoms with E-state index in [9.17, 15) is 4.79 Å². The van der Waals surface area contributed by atoms with Gasteiger partial charge in [-0.05, 0) is 32.6 Å². The maximum Gasteiger partial charge on any atom is 0.219 e. The Morgan fingerprint density at radius 3 is 2.00 bits per heavy atom. The highest BCUT2D eigenvalue weighted by atomic mass is 32.1. The minimum Gasteiger partial charge on any atom is -0.352 e. The Balaban J connectivity index is -0.000000425. The van der Waals surface area contributed by atoms with Crippen molar-refractivity contribution in [1.29, 1.82) is 0 Å². The highest BCUT2D eigenvalue weighted by Crippen LogP contribution is 2.17. The molecule has 124 valence electrons. The standard InChI is InChI=1S/C11H22N2O.2C2H6.CH4S/c1-4-10-7-6-9(8-13(10)3)12-11(14)5-2;3*1-2/h9-10H,4-8H2,1-3H3,(H,12,14);2*1-2H3;2H,1H3. The largest absolute Gasteiger partial charge is 0.352 e. The Labute approximate surface area is 133 Å². The molecule has 20 heavy (non-hydrogen) atoms. The molecule has 2 atom stereocenters. The summed E-state index contributed by atoms with van der Waals surface area (Å²) >= 11 is 3.53. The number of likely N-dealkylation sites (tertiary alicyclic amines) is 1. The highest BCUT2D eigenvalue weighted by Gasteiger charge is 2.24. The van der Waals surface area contributed by atoms with Crippen molar-refractivity contribution in [3.05, 3.63) is 0 Å². The van der Waals surface area contributed by atoms with Gasteiger partial charge in [0, 0.05) is 25.0 Å². The number of carbonyl (C=O) groups excluding carboxylic acids is 1. The van der Waals surface area contributed by atoms with E-state index in [4.69, 9.17) is 0 Å². The second kappa shape index (κ2) is 18.8. The molecule has 1 heterocycles. The molecule has 1 aliphatic heterocycles. The number of thiol groups is 1. The molecule has 0 aliphatic carbocycles. The van der Waals surface area contributed by atoms with Gasteiger partial charge in [0.2, 0.25) is 5.91 Å². The maximum absolute atomic E-state index is 11.2. The Bertz CT molecular complexity index is 201. The van der Waals surface area contributed by atoms with E-state index in [-0.39, 0.29) is 5.91 Å². The van der Waals surface area contributed by atoms with Gasteiger partial charge in [-0.2, -0.15) is 12.6 Å². The first-order valence-electron chi connectivity index (χ1n) is 8.11. The van der Waals surface area contributed by atoms with Crippen LogP contribution in [-0.2, 0) is 4.79 Å². The Hall–Kier alpha value is -0.220. The van der Waals surface area contributed by atoms with Gasteiger partial charge < -0.3 is 10.2 Å². The third-order valence-electron chi connectivity index (χ3n) is 3.14. The van der Waals surface area contributed by atoms with Crippen molar-refractivity contribution < 1.29 is 4.79 Å². The fourth-order valence-corrected chi connectivity index (χ4v) is 2.17. The normalized spacial score (nSPS) is 21.1. The smallest absolute Gasteiger partial charge is 0.219 e. The minimum atomic E-state index is 0.179. The average molecular weight is 307 g/mol. The lowest BCUT2D eigenvalue weighted by Gasteiger charge is -2.37. The van der Waals surface area contributed by atoms with Crippen LogP contribution in [0.1, 0.15) is 67.2 Å². The van der Waals surface area contributed by atoms with Gasteiger partial charge in [0.05, 0.1) is 0 Å². The summed E-state index contributed by atoms with van der Waals surface area (Å²) in [6, 6.07) is 1.08. The first-order chi connectivity index (χ1) is 9.67. The molecule has 0 radical (unpaired) electrons. The Morgan fingerprint density at radius 2 is 1.65 bits per heavy atom. The van der Waals surface area contributed by atoms with Gasteiger partial charge in [-0.3, -0.25) is 4.79 Å². The van der Waals surface area contributed by atoms with Crippen LogP contribution in [0.5, 0.6) is 0 Å². The quantitative estimate of drug-likeness (QED) is 0.773. The van der Waals surface area contributed by atoms with E-state index >= 15 is 0 Å². The molecule has 0 aromatic rings. The lowest BCUT2D eigenvalue weighted by molar-refractivity contribution is -0.121. The molecule has 2 unspecified atom stereocenters. The minimum absolute atomic E-state index is 0.179. The van der Waals surface area contributed by atoms with E-state index in [1.54, 1.807) is 6.26 Å². The fraction of sp³-hybridized carbons (Fsp3) is 0.938. The predicted molar refractivity (Wildman–Crippen MR) is 95.8 cm³/mol. The zero-order valence-corrected chi connectivity index (χ0v) is 15.9. The van der Waals surface area contributed by atoms with Crippen molar-refractivity contribution in [2.24, 2.45) is 0 Å². The van der Waals surface area contributed by atoms with Crippen LogP contribution in [0.3, 0.4) is 0 Å². The number of carbonyl (C=O) groups is 1. The molecule has 0 saturated carbocycles. The number of likely N-dealkylation sites (N-methyl/N-ethyl adjacent to an activating group) is 1. The number of hydrogen-bond donors (Lipinski definition) is 2. The molecule has 4 heteroatoms. The summed E-state index contributed by atoms with van der Waals surface area (Å²) in [5, 5.41) is 3.06. The molecule has 0 aromatic carbocycles. The van der Waals surface area contributed by atoms with Gasteiger partial charge in [-0.1, -0.05) is 41.5 Å². The molecule has 1 saturated heterocycles.